The van der Waals surface area contributed by atoms with Gasteiger partial charge in [0, 0.05) is 18.1 Å². The summed E-state index contributed by atoms with van der Waals surface area (Å²) in [5.41, 5.74) is 6.74. The van der Waals surface area contributed by atoms with Crippen molar-refractivity contribution in [3.63, 3.8) is 0 Å². The van der Waals surface area contributed by atoms with E-state index >= 15 is 0 Å². The first kappa shape index (κ1) is 12.5. The van der Waals surface area contributed by atoms with Gasteiger partial charge in [0.25, 0.3) is 0 Å². The van der Waals surface area contributed by atoms with E-state index in [-0.39, 0.29) is 16.5 Å². The predicted octanol–water partition coefficient (Wildman–Crippen LogP) is 1.34. The number of nitrogen functional groups attached to an aromatic ring is 1. The molecular weight excluding hydrogens is 250 g/mol. The minimum absolute atomic E-state index is 0.224. The third-order valence-corrected chi connectivity index (χ3v) is 4.35. The number of nitrogens with zero attached hydrogens (tertiary/aromatic N) is 2. The SMILES string of the molecule is Cc1c(N)cccc1S(=O)(=O)Cc1ncccn1. The average Bonchev–Trinajstić information content (AvgIpc) is 2.33. The molecule has 0 aliphatic rings. The second-order valence-corrected chi connectivity index (χ2v) is 5.85. The summed E-state index contributed by atoms with van der Waals surface area (Å²) in [7, 11) is -3.47. The van der Waals surface area contributed by atoms with Crippen LogP contribution < -0.4 is 5.73 Å². The van der Waals surface area contributed by atoms with Crippen molar-refractivity contribution in [2.24, 2.45) is 0 Å². The quantitative estimate of drug-likeness (QED) is 0.844. The second-order valence-electron chi connectivity index (χ2n) is 3.89. The summed E-state index contributed by atoms with van der Waals surface area (Å²) in [6.45, 7) is 1.69. The Morgan fingerprint density at radius 3 is 2.50 bits per heavy atom. The van der Waals surface area contributed by atoms with Crippen LogP contribution in [0.1, 0.15) is 11.4 Å². The molecule has 0 bridgehead atoms. The number of hydrogen-bond donors (Lipinski definition) is 1. The fourth-order valence-corrected chi connectivity index (χ4v) is 3.14. The van der Waals surface area contributed by atoms with Gasteiger partial charge in [-0.3, -0.25) is 0 Å². The third kappa shape index (κ3) is 2.48. The van der Waals surface area contributed by atoms with Crippen molar-refractivity contribution in [1.82, 2.24) is 9.97 Å². The highest BCUT2D eigenvalue weighted by atomic mass is 32.2. The minimum atomic E-state index is -3.47. The topological polar surface area (TPSA) is 85.9 Å². The van der Waals surface area contributed by atoms with Gasteiger partial charge in [0.15, 0.2) is 9.84 Å². The van der Waals surface area contributed by atoms with Crippen LogP contribution in [-0.2, 0) is 15.6 Å². The summed E-state index contributed by atoms with van der Waals surface area (Å²) in [6.07, 6.45) is 3.04. The third-order valence-electron chi connectivity index (χ3n) is 2.60. The lowest BCUT2D eigenvalue weighted by Gasteiger charge is -2.08. The van der Waals surface area contributed by atoms with E-state index in [1.165, 1.54) is 12.4 Å². The Hall–Kier alpha value is -1.95. The highest BCUT2D eigenvalue weighted by Crippen LogP contribution is 2.23. The zero-order valence-electron chi connectivity index (χ0n) is 9.87. The van der Waals surface area contributed by atoms with Crippen LogP contribution in [0.15, 0.2) is 41.6 Å². The van der Waals surface area contributed by atoms with E-state index in [1.54, 1.807) is 31.2 Å². The molecule has 1 aromatic heterocycles. The number of aromatic nitrogens is 2. The van der Waals surface area contributed by atoms with E-state index in [0.717, 1.165) is 0 Å². The van der Waals surface area contributed by atoms with Crippen LogP contribution >= 0.6 is 0 Å². The molecular formula is C12H13N3O2S. The van der Waals surface area contributed by atoms with Crippen molar-refractivity contribution in [1.29, 1.82) is 0 Å². The van der Waals surface area contributed by atoms with Crippen LogP contribution in [-0.4, -0.2) is 18.4 Å². The molecule has 0 unspecified atom stereocenters. The molecule has 0 radical (unpaired) electrons. The van der Waals surface area contributed by atoms with Crippen LogP contribution in [0.25, 0.3) is 0 Å². The Kier molecular flexibility index (Phi) is 3.29. The molecule has 18 heavy (non-hydrogen) atoms. The molecule has 0 aliphatic carbocycles. The van der Waals surface area contributed by atoms with Gasteiger partial charge in [-0.15, -0.1) is 0 Å². The Labute approximate surface area is 106 Å². The van der Waals surface area contributed by atoms with Crippen LogP contribution in [0.2, 0.25) is 0 Å². The van der Waals surface area contributed by atoms with Gasteiger partial charge in [-0.2, -0.15) is 0 Å². The molecule has 2 N–H and O–H groups in total. The summed E-state index contributed by atoms with van der Waals surface area (Å²) in [5.74, 6) is 0.0531. The first-order valence-corrected chi connectivity index (χ1v) is 6.99. The first-order chi connectivity index (χ1) is 8.50. The Morgan fingerprint density at radius 2 is 1.83 bits per heavy atom. The van der Waals surface area contributed by atoms with Crippen LogP contribution in [0, 0.1) is 6.92 Å². The predicted molar refractivity (Wildman–Crippen MR) is 68.5 cm³/mol. The number of hydrogen-bond acceptors (Lipinski definition) is 5. The Bertz CT molecular complexity index is 654. The molecule has 6 heteroatoms. The van der Waals surface area contributed by atoms with Gasteiger partial charge < -0.3 is 5.73 Å². The fraction of sp³-hybridized carbons (Fsp3) is 0.167. The lowest BCUT2D eigenvalue weighted by atomic mass is 10.2. The number of anilines is 1. The maximum Gasteiger partial charge on any atom is 0.186 e. The minimum Gasteiger partial charge on any atom is -0.398 e. The van der Waals surface area contributed by atoms with Crippen molar-refractivity contribution in [3.8, 4) is 0 Å². The van der Waals surface area contributed by atoms with Crippen molar-refractivity contribution in [3.05, 3.63) is 48.0 Å². The molecule has 0 saturated carbocycles. The van der Waals surface area contributed by atoms with Gasteiger partial charge in [-0.1, -0.05) is 6.07 Å². The van der Waals surface area contributed by atoms with Crippen molar-refractivity contribution in [2.45, 2.75) is 17.6 Å². The molecule has 0 amide bonds. The first-order valence-electron chi connectivity index (χ1n) is 5.34. The van der Waals surface area contributed by atoms with Crippen molar-refractivity contribution in [2.75, 3.05) is 5.73 Å². The molecule has 0 atom stereocenters. The van der Waals surface area contributed by atoms with E-state index in [4.69, 9.17) is 5.73 Å². The maximum absolute atomic E-state index is 12.2. The summed E-state index contributed by atoms with van der Waals surface area (Å²) >= 11 is 0. The molecule has 1 heterocycles. The van der Waals surface area contributed by atoms with Crippen LogP contribution in [0.3, 0.4) is 0 Å². The van der Waals surface area contributed by atoms with Gasteiger partial charge in [-0.05, 0) is 30.7 Å². The summed E-state index contributed by atoms with van der Waals surface area (Å²) in [6, 6.07) is 6.49. The normalized spacial score (nSPS) is 11.4. The molecule has 5 nitrogen and oxygen atoms in total. The average molecular weight is 263 g/mol. The summed E-state index contributed by atoms with van der Waals surface area (Å²) in [4.78, 5) is 8.07. The fourth-order valence-electron chi connectivity index (χ4n) is 1.62. The van der Waals surface area contributed by atoms with E-state index in [2.05, 4.69) is 9.97 Å². The smallest absolute Gasteiger partial charge is 0.186 e. The number of sulfone groups is 1. The molecule has 0 saturated heterocycles. The van der Waals surface area contributed by atoms with Crippen LogP contribution in [0.5, 0.6) is 0 Å². The second kappa shape index (κ2) is 4.73. The van der Waals surface area contributed by atoms with E-state index in [9.17, 15) is 8.42 Å². The standard InChI is InChI=1S/C12H13N3O2S/c1-9-10(13)4-2-5-11(9)18(16,17)8-12-14-6-3-7-15-12/h2-7H,8,13H2,1H3. The van der Waals surface area contributed by atoms with Crippen molar-refractivity contribution >= 4 is 15.5 Å². The van der Waals surface area contributed by atoms with Crippen molar-refractivity contribution < 1.29 is 8.42 Å². The lowest BCUT2D eigenvalue weighted by molar-refractivity contribution is 0.593. The summed E-state index contributed by atoms with van der Waals surface area (Å²) < 4.78 is 24.5. The highest BCUT2D eigenvalue weighted by Gasteiger charge is 2.19. The van der Waals surface area contributed by atoms with Crippen LogP contribution in [0.4, 0.5) is 5.69 Å². The molecule has 2 rings (SSSR count). The molecule has 1 aromatic carbocycles. The van der Waals surface area contributed by atoms with Gasteiger partial charge >= 0.3 is 0 Å². The van der Waals surface area contributed by atoms with E-state index in [1.807, 2.05) is 0 Å². The molecule has 0 aliphatic heterocycles. The van der Waals surface area contributed by atoms with Gasteiger partial charge in [0.1, 0.15) is 11.6 Å². The monoisotopic (exact) mass is 263 g/mol. The van der Waals surface area contributed by atoms with Gasteiger partial charge in [0.2, 0.25) is 0 Å². The summed E-state index contributed by atoms with van der Waals surface area (Å²) in [5, 5.41) is 0. The van der Waals surface area contributed by atoms with E-state index < -0.39 is 9.84 Å². The molecule has 0 spiro atoms. The van der Waals surface area contributed by atoms with Gasteiger partial charge in [-0.25, -0.2) is 18.4 Å². The largest absolute Gasteiger partial charge is 0.398 e. The number of nitrogens with two attached hydrogens (primary N) is 1. The Morgan fingerprint density at radius 1 is 1.17 bits per heavy atom. The Balaban J connectivity index is 2.41. The van der Waals surface area contributed by atoms with E-state index in [0.29, 0.717) is 11.3 Å². The highest BCUT2D eigenvalue weighted by molar-refractivity contribution is 7.90. The molecule has 2 aromatic rings. The lowest BCUT2D eigenvalue weighted by Crippen LogP contribution is -2.10. The number of benzene rings is 1. The molecule has 0 fully saturated rings. The molecule has 94 valence electrons. The zero-order valence-corrected chi connectivity index (χ0v) is 10.7. The zero-order chi connectivity index (χ0) is 13.2. The van der Waals surface area contributed by atoms with Gasteiger partial charge in [0.05, 0.1) is 4.90 Å². The number of rotatable bonds is 3. The maximum atomic E-state index is 12.2.